The highest BCUT2D eigenvalue weighted by Gasteiger charge is 2.34. The second-order valence-electron chi connectivity index (χ2n) is 9.28. The van der Waals surface area contributed by atoms with Gasteiger partial charge in [-0.3, -0.25) is 4.79 Å². The number of rotatable bonds is 7. The highest BCUT2D eigenvalue weighted by molar-refractivity contribution is 5.97. The van der Waals surface area contributed by atoms with E-state index in [0.717, 1.165) is 12.0 Å². The third-order valence-electron chi connectivity index (χ3n) is 6.22. The molecule has 1 aliphatic rings. The molecule has 3 rings (SSSR count). The molecule has 0 unspecified atom stereocenters. The predicted octanol–water partition coefficient (Wildman–Crippen LogP) is 2.95. The highest BCUT2D eigenvalue weighted by Crippen LogP contribution is 2.27. The van der Waals surface area contributed by atoms with Crippen LogP contribution in [0.1, 0.15) is 48.7 Å². The Balaban J connectivity index is 1.89. The van der Waals surface area contributed by atoms with Gasteiger partial charge < -0.3 is 25.0 Å². The Morgan fingerprint density at radius 3 is 2.81 bits per heavy atom. The Kier molecular flexibility index (Phi) is 9.71. The van der Waals surface area contributed by atoms with E-state index in [0.29, 0.717) is 37.2 Å². The van der Waals surface area contributed by atoms with Crippen molar-refractivity contribution in [1.82, 2.24) is 20.1 Å². The quantitative estimate of drug-likeness (QED) is 0.580. The second kappa shape index (κ2) is 12.9. The molecular weight excluding hydrogens is 456 g/mol. The zero-order valence-corrected chi connectivity index (χ0v) is 21.5. The summed E-state index contributed by atoms with van der Waals surface area (Å²) in [6.45, 7) is 6.91. The zero-order chi connectivity index (χ0) is 26.1. The van der Waals surface area contributed by atoms with Gasteiger partial charge in [-0.1, -0.05) is 56.0 Å². The van der Waals surface area contributed by atoms with Gasteiger partial charge in [0.2, 0.25) is 5.88 Å². The molecule has 0 aliphatic carbocycles. The van der Waals surface area contributed by atoms with Crippen molar-refractivity contribution < 1.29 is 19.4 Å². The number of carbonyl (C=O) groups is 2. The van der Waals surface area contributed by atoms with Crippen molar-refractivity contribution in [3.05, 3.63) is 59.3 Å². The van der Waals surface area contributed by atoms with Crippen LogP contribution in [0.15, 0.2) is 42.6 Å². The number of carbonyl (C=O) groups excluding carboxylic acids is 2. The molecule has 2 heterocycles. The van der Waals surface area contributed by atoms with Gasteiger partial charge in [0.05, 0.1) is 19.2 Å². The van der Waals surface area contributed by atoms with Crippen molar-refractivity contribution >= 4 is 11.9 Å². The van der Waals surface area contributed by atoms with E-state index in [1.165, 1.54) is 0 Å². The first kappa shape index (κ1) is 27.0. The molecule has 2 aromatic rings. The fourth-order valence-corrected chi connectivity index (χ4v) is 3.95. The Morgan fingerprint density at radius 1 is 1.36 bits per heavy atom. The third-order valence-corrected chi connectivity index (χ3v) is 6.22. The van der Waals surface area contributed by atoms with Crippen molar-refractivity contribution in [1.29, 1.82) is 0 Å². The van der Waals surface area contributed by atoms with E-state index >= 15 is 0 Å². The summed E-state index contributed by atoms with van der Waals surface area (Å²) in [6.07, 6.45) is 2.64. The molecule has 3 atom stereocenters. The Labute approximate surface area is 213 Å². The maximum Gasteiger partial charge on any atom is 0.317 e. The molecule has 192 valence electrons. The number of nitrogens with one attached hydrogen (secondary N) is 1. The number of fused-ring (bicyclic) bond motifs is 1. The van der Waals surface area contributed by atoms with Crippen molar-refractivity contribution in [2.24, 2.45) is 5.92 Å². The SMILES string of the molecule is CCCNC(=O)N(C)C[C@H]1Oc2ncc(C#CCc3ccccc3)cc2C(=O)N([C@@H](C)CO)C[C@@H]1C. The van der Waals surface area contributed by atoms with Gasteiger partial charge in [-0.05, 0) is 25.0 Å². The normalized spacial score (nSPS) is 18.0. The van der Waals surface area contributed by atoms with Gasteiger partial charge in [0, 0.05) is 44.2 Å². The van der Waals surface area contributed by atoms with Crippen molar-refractivity contribution in [3.8, 4) is 17.7 Å². The molecule has 1 aliphatic heterocycles. The van der Waals surface area contributed by atoms with Gasteiger partial charge in [-0.15, -0.1) is 0 Å². The molecule has 0 saturated carbocycles. The number of pyridine rings is 1. The smallest absolute Gasteiger partial charge is 0.317 e. The van der Waals surface area contributed by atoms with Crippen LogP contribution >= 0.6 is 0 Å². The summed E-state index contributed by atoms with van der Waals surface area (Å²) in [5.74, 6) is 6.08. The summed E-state index contributed by atoms with van der Waals surface area (Å²) in [5.41, 5.74) is 2.02. The van der Waals surface area contributed by atoms with E-state index < -0.39 is 6.10 Å². The van der Waals surface area contributed by atoms with Crippen LogP contribution in [0.2, 0.25) is 0 Å². The predicted molar refractivity (Wildman–Crippen MR) is 139 cm³/mol. The van der Waals surface area contributed by atoms with Gasteiger partial charge in [0.25, 0.3) is 5.91 Å². The summed E-state index contributed by atoms with van der Waals surface area (Å²) in [7, 11) is 1.72. The lowest BCUT2D eigenvalue weighted by Gasteiger charge is -2.37. The topological polar surface area (TPSA) is 95.0 Å². The Hall–Kier alpha value is -3.57. The molecule has 0 fully saturated rings. The number of aromatic nitrogens is 1. The summed E-state index contributed by atoms with van der Waals surface area (Å²) in [4.78, 5) is 33.6. The molecular formula is C28H36N4O4. The maximum atomic E-state index is 13.5. The number of hydrogen-bond donors (Lipinski definition) is 2. The molecule has 8 heteroatoms. The molecule has 36 heavy (non-hydrogen) atoms. The number of nitrogens with zero attached hydrogens (tertiary/aromatic N) is 3. The number of aliphatic hydroxyl groups is 1. The van der Waals surface area contributed by atoms with Crippen LogP contribution in [0.3, 0.4) is 0 Å². The third kappa shape index (κ3) is 6.98. The number of amides is 3. The van der Waals surface area contributed by atoms with Crippen LogP contribution in [0.25, 0.3) is 0 Å². The summed E-state index contributed by atoms with van der Waals surface area (Å²) in [6, 6.07) is 11.1. The number of urea groups is 1. The minimum absolute atomic E-state index is 0.107. The average Bonchev–Trinajstić information content (AvgIpc) is 2.89. The second-order valence-corrected chi connectivity index (χ2v) is 9.28. The lowest BCUT2D eigenvalue weighted by atomic mass is 10.00. The summed E-state index contributed by atoms with van der Waals surface area (Å²) in [5, 5.41) is 12.7. The van der Waals surface area contributed by atoms with E-state index in [9.17, 15) is 14.7 Å². The molecule has 1 aromatic heterocycles. The molecule has 3 amide bonds. The standard InChI is InChI=1S/C28H36N4O4/c1-5-14-29-28(35)31(4)18-25-20(2)17-32(21(3)19-33)27(34)24-15-23(16-30-26(24)36-25)13-9-12-22-10-7-6-8-11-22/h6-8,10-11,15-16,20-21,25,33H,5,12,14,17-19H2,1-4H3,(H,29,35)/t20-,21-,25+/m0/s1. The molecule has 0 saturated heterocycles. The number of ether oxygens (including phenoxy) is 1. The van der Waals surface area contributed by atoms with Gasteiger partial charge in [0.15, 0.2) is 0 Å². The minimum Gasteiger partial charge on any atom is -0.472 e. The van der Waals surface area contributed by atoms with E-state index in [4.69, 9.17) is 4.74 Å². The first-order valence-electron chi connectivity index (χ1n) is 12.4. The van der Waals surface area contributed by atoms with Crippen LogP contribution in [-0.4, -0.2) is 77.3 Å². The van der Waals surface area contributed by atoms with Gasteiger partial charge in [-0.25, -0.2) is 9.78 Å². The Morgan fingerprint density at radius 2 is 2.11 bits per heavy atom. The first-order valence-corrected chi connectivity index (χ1v) is 12.4. The molecule has 8 nitrogen and oxygen atoms in total. The lowest BCUT2D eigenvalue weighted by molar-refractivity contribution is 0.0352. The zero-order valence-electron chi connectivity index (χ0n) is 21.5. The number of benzene rings is 1. The van der Waals surface area contributed by atoms with E-state index in [2.05, 4.69) is 22.1 Å². The van der Waals surface area contributed by atoms with Crippen LogP contribution in [0.5, 0.6) is 5.88 Å². The first-order chi connectivity index (χ1) is 17.3. The van der Waals surface area contributed by atoms with E-state index in [1.54, 1.807) is 29.1 Å². The van der Waals surface area contributed by atoms with Gasteiger partial charge >= 0.3 is 6.03 Å². The fraction of sp³-hybridized carbons (Fsp3) is 0.464. The lowest BCUT2D eigenvalue weighted by Crippen LogP contribution is -2.51. The van der Waals surface area contributed by atoms with Crippen LogP contribution in [-0.2, 0) is 6.42 Å². The molecule has 0 bridgehead atoms. The van der Waals surface area contributed by atoms with Crippen molar-refractivity contribution in [2.45, 2.75) is 45.8 Å². The van der Waals surface area contributed by atoms with Crippen LogP contribution in [0.4, 0.5) is 4.79 Å². The number of hydrogen-bond acceptors (Lipinski definition) is 5. The van der Waals surface area contributed by atoms with E-state index in [1.807, 2.05) is 51.1 Å². The number of aliphatic hydroxyl groups excluding tert-OH is 1. The van der Waals surface area contributed by atoms with Gasteiger partial charge in [0.1, 0.15) is 11.7 Å². The van der Waals surface area contributed by atoms with E-state index in [-0.39, 0.29) is 36.4 Å². The van der Waals surface area contributed by atoms with Gasteiger partial charge in [-0.2, -0.15) is 0 Å². The molecule has 0 spiro atoms. The maximum absolute atomic E-state index is 13.5. The number of likely N-dealkylation sites (N-methyl/N-ethyl adjacent to an activating group) is 1. The van der Waals surface area contributed by atoms with Crippen molar-refractivity contribution in [3.63, 3.8) is 0 Å². The molecule has 1 aromatic carbocycles. The Bertz CT molecular complexity index is 1100. The average molecular weight is 493 g/mol. The van der Waals surface area contributed by atoms with Crippen LogP contribution < -0.4 is 10.1 Å². The summed E-state index contributed by atoms with van der Waals surface area (Å²) < 4.78 is 6.24. The molecule has 2 N–H and O–H groups in total. The largest absolute Gasteiger partial charge is 0.472 e. The monoisotopic (exact) mass is 492 g/mol. The minimum atomic E-state index is -0.398. The summed E-state index contributed by atoms with van der Waals surface area (Å²) >= 11 is 0. The van der Waals surface area contributed by atoms with Crippen LogP contribution in [0, 0.1) is 17.8 Å². The highest BCUT2D eigenvalue weighted by atomic mass is 16.5. The molecule has 0 radical (unpaired) electrons. The van der Waals surface area contributed by atoms with Crippen molar-refractivity contribution in [2.75, 3.05) is 33.3 Å². The fourth-order valence-electron chi connectivity index (χ4n) is 3.95.